The average molecular weight is 415 g/mol. The summed E-state index contributed by atoms with van der Waals surface area (Å²) in [6.45, 7) is 3.00. The van der Waals surface area contributed by atoms with Gasteiger partial charge in [0.2, 0.25) is 0 Å². The van der Waals surface area contributed by atoms with Gasteiger partial charge in [0.1, 0.15) is 11.5 Å². The third-order valence-corrected chi connectivity index (χ3v) is 7.23. The van der Waals surface area contributed by atoms with Crippen LogP contribution in [0.4, 0.5) is 0 Å². The molecule has 0 aliphatic heterocycles. The highest BCUT2D eigenvalue weighted by Crippen LogP contribution is 2.40. The van der Waals surface area contributed by atoms with Gasteiger partial charge in [0, 0.05) is 0 Å². The van der Waals surface area contributed by atoms with Gasteiger partial charge in [0.15, 0.2) is 0 Å². The van der Waals surface area contributed by atoms with E-state index in [2.05, 4.69) is 6.92 Å². The van der Waals surface area contributed by atoms with Crippen molar-refractivity contribution in [2.45, 2.75) is 103 Å². The van der Waals surface area contributed by atoms with Crippen molar-refractivity contribution in [2.24, 2.45) is 17.8 Å². The first-order chi connectivity index (χ1) is 14.8. The van der Waals surface area contributed by atoms with Gasteiger partial charge in [-0.1, -0.05) is 71.1 Å². The van der Waals surface area contributed by atoms with E-state index in [0.717, 1.165) is 43.5 Å². The third-order valence-electron chi connectivity index (χ3n) is 7.23. The Morgan fingerprint density at radius 1 is 0.767 bits per heavy atom. The van der Waals surface area contributed by atoms with Gasteiger partial charge in [-0.15, -0.1) is 0 Å². The largest absolute Gasteiger partial charge is 0.494 e. The fourth-order valence-corrected chi connectivity index (χ4v) is 5.31. The topological polar surface area (TPSA) is 35.5 Å². The molecule has 2 aliphatic carbocycles. The maximum absolute atomic E-state index is 12.6. The standard InChI is InChI=1S/C27H42O3/c1-2-3-4-5-6-10-21-29-25-17-19-26(20-18-25)30-27(28)24-15-13-23(14-16-24)22-11-8-7-9-12-22/h17-20,22-24H,2-16,21H2,1H3. The molecule has 0 unspecified atom stereocenters. The van der Waals surface area contributed by atoms with Crippen molar-refractivity contribution < 1.29 is 14.3 Å². The zero-order chi connectivity index (χ0) is 21.0. The Morgan fingerprint density at radius 3 is 2.07 bits per heavy atom. The fraction of sp³-hybridized carbons (Fsp3) is 0.741. The summed E-state index contributed by atoms with van der Waals surface area (Å²) in [5, 5.41) is 0. The maximum atomic E-state index is 12.6. The van der Waals surface area contributed by atoms with Gasteiger partial charge in [-0.2, -0.15) is 0 Å². The van der Waals surface area contributed by atoms with Gasteiger partial charge in [0.25, 0.3) is 0 Å². The number of unbranched alkanes of at least 4 members (excludes halogenated alkanes) is 5. The number of benzene rings is 1. The zero-order valence-corrected chi connectivity index (χ0v) is 19.1. The minimum Gasteiger partial charge on any atom is -0.494 e. The molecule has 0 heterocycles. The smallest absolute Gasteiger partial charge is 0.314 e. The summed E-state index contributed by atoms with van der Waals surface area (Å²) in [6.07, 6.45) is 19.1. The minimum atomic E-state index is -0.0437. The minimum absolute atomic E-state index is 0.0437. The molecule has 2 aliphatic rings. The lowest BCUT2D eigenvalue weighted by molar-refractivity contribution is -0.140. The van der Waals surface area contributed by atoms with Gasteiger partial charge in [-0.25, -0.2) is 0 Å². The monoisotopic (exact) mass is 414 g/mol. The number of carbonyl (C=O) groups excluding carboxylic acids is 1. The summed E-state index contributed by atoms with van der Waals surface area (Å²) in [4.78, 5) is 12.6. The van der Waals surface area contributed by atoms with Gasteiger partial charge in [-0.05, 0) is 68.2 Å². The molecular formula is C27H42O3. The molecule has 1 aromatic carbocycles. The van der Waals surface area contributed by atoms with Crippen LogP contribution in [-0.4, -0.2) is 12.6 Å². The zero-order valence-electron chi connectivity index (χ0n) is 19.1. The predicted molar refractivity (Wildman–Crippen MR) is 123 cm³/mol. The number of ether oxygens (including phenoxy) is 2. The highest BCUT2D eigenvalue weighted by atomic mass is 16.5. The van der Waals surface area contributed by atoms with E-state index in [0.29, 0.717) is 5.75 Å². The summed E-state index contributed by atoms with van der Waals surface area (Å²) in [6, 6.07) is 7.56. The van der Waals surface area contributed by atoms with E-state index in [1.807, 2.05) is 24.3 Å². The number of hydrogen-bond acceptors (Lipinski definition) is 3. The van der Waals surface area contributed by atoms with Crippen LogP contribution in [0.5, 0.6) is 11.5 Å². The van der Waals surface area contributed by atoms with Crippen LogP contribution in [0.25, 0.3) is 0 Å². The molecule has 0 aromatic heterocycles. The molecule has 0 atom stereocenters. The Labute approximate surface area is 183 Å². The molecule has 0 spiro atoms. The van der Waals surface area contributed by atoms with Crippen molar-refractivity contribution in [1.82, 2.24) is 0 Å². The summed E-state index contributed by atoms with van der Waals surface area (Å²) in [5.74, 6) is 3.29. The van der Waals surface area contributed by atoms with Crippen LogP contribution in [0.3, 0.4) is 0 Å². The summed E-state index contributed by atoms with van der Waals surface area (Å²) >= 11 is 0. The van der Waals surface area contributed by atoms with Gasteiger partial charge < -0.3 is 9.47 Å². The van der Waals surface area contributed by atoms with Gasteiger partial charge in [0.05, 0.1) is 12.5 Å². The average Bonchev–Trinajstić information content (AvgIpc) is 2.80. The van der Waals surface area contributed by atoms with Crippen LogP contribution in [-0.2, 0) is 4.79 Å². The lowest BCUT2D eigenvalue weighted by atomic mass is 9.71. The van der Waals surface area contributed by atoms with Crippen LogP contribution in [0.2, 0.25) is 0 Å². The molecule has 0 radical (unpaired) electrons. The normalized spacial score (nSPS) is 22.6. The molecule has 2 saturated carbocycles. The SMILES string of the molecule is CCCCCCCCOc1ccc(OC(=O)C2CCC(C3CCCCC3)CC2)cc1. The molecule has 30 heavy (non-hydrogen) atoms. The van der Waals surface area contributed by atoms with Gasteiger partial charge in [-0.3, -0.25) is 4.79 Å². The fourth-order valence-electron chi connectivity index (χ4n) is 5.31. The second-order valence-corrected chi connectivity index (χ2v) is 9.52. The molecule has 0 N–H and O–H groups in total. The van der Waals surface area contributed by atoms with Crippen LogP contribution < -0.4 is 9.47 Å². The third kappa shape index (κ3) is 7.63. The van der Waals surface area contributed by atoms with Crippen LogP contribution in [0, 0.1) is 17.8 Å². The highest BCUT2D eigenvalue weighted by molar-refractivity contribution is 5.75. The number of esters is 1. The summed E-state index contributed by atoms with van der Waals surface area (Å²) < 4.78 is 11.5. The van der Waals surface area contributed by atoms with E-state index in [-0.39, 0.29) is 11.9 Å². The number of hydrogen-bond donors (Lipinski definition) is 0. The molecule has 3 rings (SSSR count). The molecule has 0 saturated heterocycles. The van der Waals surface area contributed by atoms with Crippen LogP contribution in [0.1, 0.15) is 103 Å². The first-order valence-corrected chi connectivity index (χ1v) is 12.7. The quantitative estimate of drug-likeness (QED) is 0.211. The van der Waals surface area contributed by atoms with E-state index in [1.54, 1.807) is 0 Å². The van der Waals surface area contributed by atoms with Gasteiger partial charge >= 0.3 is 5.97 Å². The maximum Gasteiger partial charge on any atom is 0.314 e. The van der Waals surface area contributed by atoms with Crippen molar-refractivity contribution >= 4 is 5.97 Å². The molecular weight excluding hydrogens is 372 g/mol. The Balaban J connectivity index is 1.32. The second kappa shape index (κ2) is 13.0. The lowest BCUT2D eigenvalue weighted by Gasteiger charge is -2.35. The summed E-state index contributed by atoms with van der Waals surface area (Å²) in [7, 11) is 0. The Hall–Kier alpha value is -1.51. The van der Waals surface area contributed by atoms with E-state index in [9.17, 15) is 4.79 Å². The predicted octanol–water partition coefficient (Wildman–Crippen LogP) is 7.72. The van der Waals surface area contributed by atoms with Crippen molar-refractivity contribution in [3.8, 4) is 11.5 Å². The summed E-state index contributed by atoms with van der Waals surface area (Å²) in [5.41, 5.74) is 0. The molecule has 3 nitrogen and oxygen atoms in total. The molecule has 3 heteroatoms. The highest BCUT2D eigenvalue weighted by Gasteiger charge is 2.32. The first kappa shape index (κ1) is 23.2. The second-order valence-electron chi connectivity index (χ2n) is 9.52. The molecule has 168 valence electrons. The van der Waals surface area contributed by atoms with Crippen molar-refractivity contribution in [3.05, 3.63) is 24.3 Å². The number of carbonyl (C=O) groups is 1. The van der Waals surface area contributed by atoms with Crippen LogP contribution in [0.15, 0.2) is 24.3 Å². The van der Waals surface area contributed by atoms with Crippen molar-refractivity contribution in [3.63, 3.8) is 0 Å². The van der Waals surface area contributed by atoms with Crippen molar-refractivity contribution in [1.29, 1.82) is 0 Å². The van der Waals surface area contributed by atoms with E-state index >= 15 is 0 Å². The number of rotatable bonds is 11. The lowest BCUT2D eigenvalue weighted by Crippen LogP contribution is -2.29. The molecule has 2 fully saturated rings. The first-order valence-electron chi connectivity index (χ1n) is 12.7. The molecule has 0 amide bonds. The Kier molecular flexibility index (Phi) is 10.1. The molecule has 0 bridgehead atoms. The van der Waals surface area contributed by atoms with E-state index in [1.165, 1.54) is 77.0 Å². The van der Waals surface area contributed by atoms with E-state index < -0.39 is 0 Å². The Bertz CT molecular complexity index is 595. The van der Waals surface area contributed by atoms with Crippen LogP contribution >= 0.6 is 0 Å². The van der Waals surface area contributed by atoms with Crippen molar-refractivity contribution in [2.75, 3.05) is 6.61 Å². The van der Waals surface area contributed by atoms with E-state index in [4.69, 9.17) is 9.47 Å². The Morgan fingerprint density at radius 2 is 1.37 bits per heavy atom. The molecule has 1 aromatic rings.